The van der Waals surface area contributed by atoms with Gasteiger partial charge < -0.3 is 5.32 Å². The Hall–Kier alpha value is -3.50. The minimum absolute atomic E-state index is 0.0395. The molecule has 166 valence electrons. The van der Waals surface area contributed by atoms with Crippen LogP contribution >= 0.6 is 27.7 Å². The predicted octanol–water partition coefficient (Wildman–Crippen LogP) is 5.64. The maximum atomic E-state index is 12.6. The number of amides is 1. The summed E-state index contributed by atoms with van der Waals surface area (Å²) < 4.78 is 2.78. The minimum atomic E-state index is -0.467. The van der Waals surface area contributed by atoms with Gasteiger partial charge in [-0.1, -0.05) is 70.2 Å². The number of halogens is 1. The molecule has 1 amide bonds. The third-order valence-corrected chi connectivity index (χ3v) is 6.40. The van der Waals surface area contributed by atoms with E-state index in [1.165, 1.54) is 17.8 Å². The van der Waals surface area contributed by atoms with E-state index in [0.29, 0.717) is 22.2 Å². The number of hydrogen-bond donors (Lipinski definition) is 1. The van der Waals surface area contributed by atoms with Crippen molar-refractivity contribution in [1.82, 2.24) is 14.8 Å². The van der Waals surface area contributed by atoms with Crippen LogP contribution in [-0.2, 0) is 4.79 Å². The van der Waals surface area contributed by atoms with Gasteiger partial charge in [-0.15, -0.1) is 10.2 Å². The van der Waals surface area contributed by atoms with Crippen LogP contribution in [0.1, 0.15) is 5.56 Å². The fraction of sp³-hybridized carbons (Fsp3) is 0.0870. The lowest BCUT2D eigenvalue weighted by Crippen LogP contribution is -2.15. The Balaban J connectivity index is 1.58. The first-order chi connectivity index (χ1) is 15.9. The van der Waals surface area contributed by atoms with Crippen molar-refractivity contribution >= 4 is 45.0 Å². The molecule has 3 aromatic carbocycles. The van der Waals surface area contributed by atoms with Crippen LogP contribution in [0, 0.1) is 17.0 Å². The average Bonchev–Trinajstić information content (AvgIpc) is 3.23. The molecule has 0 fully saturated rings. The van der Waals surface area contributed by atoms with E-state index in [1.54, 1.807) is 19.1 Å². The first-order valence-corrected chi connectivity index (χ1v) is 11.7. The Kier molecular flexibility index (Phi) is 6.85. The Morgan fingerprint density at radius 2 is 1.82 bits per heavy atom. The molecule has 0 unspecified atom stereocenters. The summed E-state index contributed by atoms with van der Waals surface area (Å²) in [7, 11) is 0. The number of rotatable bonds is 7. The number of nitrogens with one attached hydrogen (secondary N) is 1. The van der Waals surface area contributed by atoms with Crippen LogP contribution in [0.4, 0.5) is 11.4 Å². The zero-order chi connectivity index (χ0) is 23.4. The van der Waals surface area contributed by atoms with E-state index in [2.05, 4.69) is 31.4 Å². The second kappa shape index (κ2) is 9.97. The molecule has 0 aliphatic heterocycles. The van der Waals surface area contributed by atoms with Crippen LogP contribution in [0.3, 0.4) is 0 Å². The second-order valence-electron chi connectivity index (χ2n) is 7.05. The quantitative estimate of drug-likeness (QED) is 0.191. The number of para-hydroxylation sites is 1. The van der Waals surface area contributed by atoms with Crippen LogP contribution in [0.25, 0.3) is 17.1 Å². The number of carbonyl (C=O) groups is 1. The molecular weight excluding hydrogens is 506 g/mol. The van der Waals surface area contributed by atoms with E-state index >= 15 is 0 Å². The number of nitro benzene ring substituents is 1. The minimum Gasteiger partial charge on any atom is -0.325 e. The van der Waals surface area contributed by atoms with Crippen LogP contribution in [0.15, 0.2) is 82.4 Å². The van der Waals surface area contributed by atoms with Gasteiger partial charge in [0.05, 0.1) is 10.7 Å². The summed E-state index contributed by atoms with van der Waals surface area (Å²) in [5.74, 6) is 0.400. The zero-order valence-electron chi connectivity index (χ0n) is 17.4. The van der Waals surface area contributed by atoms with Gasteiger partial charge >= 0.3 is 0 Å². The molecule has 0 saturated heterocycles. The van der Waals surface area contributed by atoms with Gasteiger partial charge in [-0.25, -0.2) is 0 Å². The normalized spacial score (nSPS) is 10.7. The van der Waals surface area contributed by atoms with E-state index in [9.17, 15) is 14.9 Å². The molecule has 0 aliphatic rings. The van der Waals surface area contributed by atoms with Crippen molar-refractivity contribution in [3.05, 3.63) is 92.9 Å². The van der Waals surface area contributed by atoms with Gasteiger partial charge in [-0.3, -0.25) is 19.5 Å². The number of anilines is 1. The van der Waals surface area contributed by atoms with E-state index in [1.807, 2.05) is 59.2 Å². The number of aryl methyl sites for hydroxylation is 1. The number of thioether (sulfide) groups is 1. The highest BCUT2D eigenvalue weighted by Crippen LogP contribution is 2.32. The highest BCUT2D eigenvalue weighted by atomic mass is 79.9. The summed E-state index contributed by atoms with van der Waals surface area (Å²) in [6.07, 6.45) is 0. The van der Waals surface area contributed by atoms with E-state index in [0.717, 1.165) is 15.7 Å². The summed E-state index contributed by atoms with van der Waals surface area (Å²) in [5, 5.41) is 23.1. The number of nitrogens with zero attached hydrogens (tertiary/aromatic N) is 4. The summed E-state index contributed by atoms with van der Waals surface area (Å²) >= 11 is 4.80. The molecule has 4 rings (SSSR count). The molecule has 10 heteroatoms. The highest BCUT2D eigenvalue weighted by molar-refractivity contribution is 9.10. The number of hydrogen-bond acceptors (Lipinski definition) is 6. The smallest absolute Gasteiger partial charge is 0.274 e. The highest BCUT2D eigenvalue weighted by Gasteiger charge is 2.19. The number of nitro groups is 1. The summed E-state index contributed by atoms with van der Waals surface area (Å²) in [5.41, 5.74) is 2.60. The first kappa shape index (κ1) is 22.7. The zero-order valence-corrected chi connectivity index (χ0v) is 19.8. The standard InChI is InChI=1S/C23H18BrN5O3S/c1-15-11-12-16(13-20(15)29(31)32)25-21(30)14-33-23-27-26-22(18-9-5-6-10-19(18)24)28(23)17-7-3-2-4-8-17/h2-13H,14H2,1H3,(H,25,30). The molecule has 4 aromatic rings. The largest absolute Gasteiger partial charge is 0.325 e. The Morgan fingerprint density at radius 3 is 2.55 bits per heavy atom. The molecule has 33 heavy (non-hydrogen) atoms. The van der Waals surface area contributed by atoms with Crippen LogP contribution in [-0.4, -0.2) is 31.3 Å². The van der Waals surface area contributed by atoms with Crippen LogP contribution in [0.2, 0.25) is 0 Å². The SMILES string of the molecule is Cc1ccc(NC(=O)CSc2nnc(-c3ccccc3Br)n2-c2ccccc2)cc1[N+](=O)[O-]. The molecule has 0 aliphatic carbocycles. The van der Waals surface area contributed by atoms with Crippen LogP contribution in [0.5, 0.6) is 0 Å². The predicted molar refractivity (Wildman–Crippen MR) is 132 cm³/mol. The molecule has 1 aromatic heterocycles. The topological polar surface area (TPSA) is 103 Å². The molecule has 0 saturated carbocycles. The van der Waals surface area contributed by atoms with Gasteiger partial charge in [0, 0.05) is 33.0 Å². The number of benzene rings is 3. The fourth-order valence-electron chi connectivity index (χ4n) is 3.20. The lowest BCUT2D eigenvalue weighted by Gasteiger charge is -2.11. The van der Waals surface area contributed by atoms with Crippen molar-refractivity contribution < 1.29 is 9.72 Å². The summed E-state index contributed by atoms with van der Waals surface area (Å²) in [4.78, 5) is 23.3. The fourth-order valence-corrected chi connectivity index (χ4v) is 4.42. The van der Waals surface area contributed by atoms with Gasteiger partial charge in [-0.05, 0) is 31.2 Å². The van der Waals surface area contributed by atoms with Crippen molar-refractivity contribution in [2.75, 3.05) is 11.1 Å². The molecule has 0 radical (unpaired) electrons. The third-order valence-electron chi connectivity index (χ3n) is 4.78. The molecule has 0 spiro atoms. The number of carbonyl (C=O) groups excluding carboxylic acids is 1. The maximum absolute atomic E-state index is 12.6. The van der Waals surface area contributed by atoms with E-state index < -0.39 is 4.92 Å². The van der Waals surface area contributed by atoms with Gasteiger partial charge in [0.1, 0.15) is 0 Å². The lowest BCUT2D eigenvalue weighted by atomic mass is 10.2. The first-order valence-electron chi connectivity index (χ1n) is 9.87. The molecule has 0 bridgehead atoms. The molecule has 0 atom stereocenters. The summed E-state index contributed by atoms with van der Waals surface area (Å²) in [6.45, 7) is 1.65. The molecular formula is C23H18BrN5O3S. The van der Waals surface area contributed by atoms with Crippen molar-refractivity contribution in [2.45, 2.75) is 12.1 Å². The Labute approximate surface area is 202 Å². The Bertz CT molecular complexity index is 1330. The monoisotopic (exact) mass is 523 g/mol. The van der Waals surface area contributed by atoms with Crippen molar-refractivity contribution in [1.29, 1.82) is 0 Å². The van der Waals surface area contributed by atoms with E-state index in [4.69, 9.17) is 0 Å². The van der Waals surface area contributed by atoms with Crippen molar-refractivity contribution in [3.63, 3.8) is 0 Å². The van der Waals surface area contributed by atoms with E-state index in [-0.39, 0.29) is 17.3 Å². The molecule has 1 heterocycles. The van der Waals surface area contributed by atoms with Gasteiger partial charge in [0.25, 0.3) is 5.69 Å². The van der Waals surface area contributed by atoms with Crippen molar-refractivity contribution in [3.8, 4) is 17.1 Å². The maximum Gasteiger partial charge on any atom is 0.274 e. The van der Waals surface area contributed by atoms with Gasteiger partial charge in [0.2, 0.25) is 5.91 Å². The number of aromatic nitrogens is 3. The second-order valence-corrected chi connectivity index (χ2v) is 8.85. The third kappa shape index (κ3) is 5.12. The molecule has 8 nitrogen and oxygen atoms in total. The van der Waals surface area contributed by atoms with Gasteiger partial charge in [0.15, 0.2) is 11.0 Å². The summed E-state index contributed by atoms with van der Waals surface area (Å²) in [6, 6.07) is 22.0. The van der Waals surface area contributed by atoms with Gasteiger partial charge in [-0.2, -0.15) is 0 Å². The van der Waals surface area contributed by atoms with Crippen molar-refractivity contribution in [2.24, 2.45) is 0 Å². The lowest BCUT2D eigenvalue weighted by molar-refractivity contribution is -0.385. The Morgan fingerprint density at radius 1 is 1.09 bits per heavy atom. The molecule has 1 N–H and O–H groups in total. The average molecular weight is 524 g/mol. The van der Waals surface area contributed by atoms with Crippen LogP contribution < -0.4 is 5.32 Å².